The summed E-state index contributed by atoms with van der Waals surface area (Å²) in [5.41, 5.74) is 7.54. The van der Waals surface area contributed by atoms with Gasteiger partial charge in [0.25, 0.3) is 0 Å². The van der Waals surface area contributed by atoms with Gasteiger partial charge in [0, 0.05) is 24.6 Å². The molecule has 0 amide bonds. The number of hydrogen-bond acceptors (Lipinski definition) is 4. The minimum absolute atomic E-state index is 0.129. The number of nitrogens with two attached hydrogens (primary N) is 1. The maximum absolute atomic E-state index is 5.71. The van der Waals surface area contributed by atoms with Gasteiger partial charge in [-0.1, -0.05) is 6.07 Å². The molecule has 0 saturated heterocycles. The molecule has 0 aliphatic rings. The van der Waals surface area contributed by atoms with E-state index in [0.29, 0.717) is 5.82 Å². The Balaban J connectivity index is 2.20. The van der Waals surface area contributed by atoms with Gasteiger partial charge in [-0.05, 0) is 31.0 Å². The molecule has 0 saturated carbocycles. The molecule has 4 nitrogen and oxygen atoms in total. The molecule has 0 radical (unpaired) electrons. The molecule has 2 aromatic rings. The number of nitrogens with zero attached hydrogens (tertiary/aromatic N) is 3. The van der Waals surface area contributed by atoms with E-state index in [1.807, 2.05) is 25.1 Å². The largest absolute Gasteiger partial charge is 0.328 e. The lowest BCUT2D eigenvalue weighted by atomic mass is 10.1. The number of rotatable bonds is 3. The average Bonchev–Trinajstić information content (AvgIpc) is 2.30. The number of aromatic nitrogens is 3. The normalized spacial score (nSPS) is 12.4. The molecule has 1 atom stereocenters. The highest BCUT2D eigenvalue weighted by atomic mass is 14.9. The molecule has 0 bridgehead atoms. The van der Waals surface area contributed by atoms with Crippen molar-refractivity contribution in [3.63, 3.8) is 0 Å². The van der Waals surface area contributed by atoms with Gasteiger partial charge in [-0.2, -0.15) is 0 Å². The van der Waals surface area contributed by atoms with Crippen LogP contribution in [0.25, 0.3) is 11.5 Å². The molecule has 0 fully saturated rings. The first-order valence-corrected chi connectivity index (χ1v) is 5.23. The Labute approximate surface area is 94.6 Å². The zero-order chi connectivity index (χ0) is 11.4. The highest BCUT2D eigenvalue weighted by Crippen LogP contribution is 2.10. The Morgan fingerprint density at radius 3 is 2.50 bits per heavy atom. The van der Waals surface area contributed by atoms with E-state index in [-0.39, 0.29) is 6.04 Å². The van der Waals surface area contributed by atoms with Gasteiger partial charge < -0.3 is 5.73 Å². The van der Waals surface area contributed by atoms with Crippen LogP contribution in [0.2, 0.25) is 0 Å². The van der Waals surface area contributed by atoms with Gasteiger partial charge in [-0.3, -0.25) is 4.98 Å². The minimum Gasteiger partial charge on any atom is -0.328 e. The van der Waals surface area contributed by atoms with Gasteiger partial charge in [0.15, 0.2) is 5.82 Å². The van der Waals surface area contributed by atoms with Crippen molar-refractivity contribution in [2.45, 2.75) is 19.4 Å². The highest BCUT2D eigenvalue weighted by Gasteiger charge is 2.03. The Morgan fingerprint density at radius 1 is 1.19 bits per heavy atom. The van der Waals surface area contributed by atoms with Crippen LogP contribution in [-0.4, -0.2) is 21.0 Å². The van der Waals surface area contributed by atoms with Crippen LogP contribution in [0.1, 0.15) is 12.5 Å². The van der Waals surface area contributed by atoms with Crippen molar-refractivity contribution in [3.05, 3.63) is 42.4 Å². The summed E-state index contributed by atoms with van der Waals surface area (Å²) in [6, 6.07) is 5.81. The minimum atomic E-state index is 0.129. The summed E-state index contributed by atoms with van der Waals surface area (Å²) in [7, 11) is 0. The molecule has 0 aliphatic heterocycles. The van der Waals surface area contributed by atoms with E-state index < -0.39 is 0 Å². The zero-order valence-electron chi connectivity index (χ0n) is 9.17. The third-order valence-electron chi connectivity index (χ3n) is 2.16. The fourth-order valence-corrected chi connectivity index (χ4v) is 1.46. The van der Waals surface area contributed by atoms with Crippen LogP contribution in [-0.2, 0) is 6.42 Å². The third kappa shape index (κ3) is 2.61. The maximum atomic E-state index is 5.71. The summed E-state index contributed by atoms with van der Waals surface area (Å²) in [6.45, 7) is 1.96. The van der Waals surface area contributed by atoms with Crippen LogP contribution in [0.5, 0.6) is 0 Å². The van der Waals surface area contributed by atoms with Crippen molar-refractivity contribution >= 4 is 0 Å². The second-order valence-corrected chi connectivity index (χ2v) is 3.81. The Bertz CT molecular complexity index is 436. The van der Waals surface area contributed by atoms with Gasteiger partial charge in [0.1, 0.15) is 5.69 Å². The van der Waals surface area contributed by atoms with Crippen LogP contribution in [0.15, 0.2) is 36.8 Å². The van der Waals surface area contributed by atoms with E-state index in [1.165, 1.54) is 0 Å². The lowest BCUT2D eigenvalue weighted by molar-refractivity contribution is 0.732. The molecule has 16 heavy (non-hydrogen) atoms. The summed E-state index contributed by atoms with van der Waals surface area (Å²) in [4.78, 5) is 12.7. The van der Waals surface area contributed by atoms with E-state index in [1.54, 1.807) is 18.6 Å². The molecule has 0 aromatic carbocycles. The van der Waals surface area contributed by atoms with Crippen molar-refractivity contribution in [2.24, 2.45) is 5.73 Å². The van der Waals surface area contributed by atoms with Gasteiger partial charge in [-0.25, -0.2) is 9.97 Å². The summed E-state index contributed by atoms with van der Waals surface area (Å²) in [5, 5.41) is 0. The fourth-order valence-electron chi connectivity index (χ4n) is 1.46. The van der Waals surface area contributed by atoms with Gasteiger partial charge in [0.2, 0.25) is 0 Å². The fraction of sp³-hybridized carbons (Fsp3) is 0.250. The van der Waals surface area contributed by atoms with Crippen molar-refractivity contribution in [1.29, 1.82) is 0 Å². The van der Waals surface area contributed by atoms with E-state index in [4.69, 9.17) is 5.73 Å². The third-order valence-corrected chi connectivity index (χ3v) is 2.16. The van der Waals surface area contributed by atoms with Crippen LogP contribution in [0.3, 0.4) is 0 Å². The molecule has 82 valence electrons. The summed E-state index contributed by atoms with van der Waals surface area (Å²) in [6.07, 6.45) is 6.14. The van der Waals surface area contributed by atoms with Crippen molar-refractivity contribution in [2.75, 3.05) is 0 Å². The smallest absolute Gasteiger partial charge is 0.178 e. The predicted octanol–water partition coefficient (Wildman–Crippen LogP) is 1.43. The van der Waals surface area contributed by atoms with Gasteiger partial charge in [-0.15, -0.1) is 0 Å². The monoisotopic (exact) mass is 214 g/mol. The SMILES string of the molecule is CC(N)Cc1cnc(-c2ccccn2)nc1. The quantitative estimate of drug-likeness (QED) is 0.839. The predicted molar refractivity (Wildman–Crippen MR) is 62.6 cm³/mol. The molecular formula is C12H14N4. The maximum Gasteiger partial charge on any atom is 0.178 e. The van der Waals surface area contributed by atoms with Crippen molar-refractivity contribution < 1.29 is 0 Å². The first-order valence-electron chi connectivity index (χ1n) is 5.23. The summed E-state index contributed by atoms with van der Waals surface area (Å²) < 4.78 is 0. The summed E-state index contributed by atoms with van der Waals surface area (Å²) in [5.74, 6) is 0.647. The molecule has 2 N–H and O–H groups in total. The van der Waals surface area contributed by atoms with Crippen molar-refractivity contribution in [3.8, 4) is 11.5 Å². The molecule has 0 aliphatic carbocycles. The van der Waals surface area contributed by atoms with Crippen molar-refractivity contribution in [1.82, 2.24) is 15.0 Å². The van der Waals surface area contributed by atoms with Crippen LogP contribution in [0, 0.1) is 0 Å². The van der Waals surface area contributed by atoms with Crippen LogP contribution in [0.4, 0.5) is 0 Å². The average molecular weight is 214 g/mol. The molecule has 0 spiro atoms. The van der Waals surface area contributed by atoms with Crippen LogP contribution < -0.4 is 5.73 Å². The van der Waals surface area contributed by atoms with Gasteiger partial charge in [0.05, 0.1) is 0 Å². The van der Waals surface area contributed by atoms with E-state index >= 15 is 0 Å². The highest BCUT2D eigenvalue weighted by molar-refractivity contribution is 5.47. The first-order chi connectivity index (χ1) is 7.75. The van der Waals surface area contributed by atoms with E-state index in [0.717, 1.165) is 17.7 Å². The lowest BCUT2D eigenvalue weighted by Crippen LogP contribution is -2.18. The molecule has 1 unspecified atom stereocenters. The Morgan fingerprint density at radius 2 is 1.94 bits per heavy atom. The summed E-state index contributed by atoms with van der Waals surface area (Å²) >= 11 is 0. The Kier molecular flexibility index (Phi) is 3.22. The van der Waals surface area contributed by atoms with Gasteiger partial charge >= 0.3 is 0 Å². The molecule has 2 heterocycles. The second-order valence-electron chi connectivity index (χ2n) is 3.81. The number of pyridine rings is 1. The van der Waals surface area contributed by atoms with E-state index in [2.05, 4.69) is 15.0 Å². The molecular weight excluding hydrogens is 200 g/mol. The molecule has 2 aromatic heterocycles. The molecule has 4 heteroatoms. The standard InChI is InChI=1S/C12H14N4/c1-9(13)6-10-7-15-12(16-8-10)11-4-2-3-5-14-11/h2-5,7-9H,6,13H2,1H3. The van der Waals surface area contributed by atoms with Crippen LogP contribution >= 0.6 is 0 Å². The topological polar surface area (TPSA) is 64.7 Å². The zero-order valence-corrected chi connectivity index (χ0v) is 9.17. The first kappa shape index (κ1) is 10.7. The Hall–Kier alpha value is -1.81. The number of hydrogen-bond donors (Lipinski definition) is 1. The molecule has 2 rings (SSSR count). The lowest BCUT2D eigenvalue weighted by Gasteiger charge is -2.04. The second kappa shape index (κ2) is 4.81. The van der Waals surface area contributed by atoms with E-state index in [9.17, 15) is 0 Å².